The fourth-order valence-electron chi connectivity index (χ4n) is 3.30. The summed E-state index contributed by atoms with van der Waals surface area (Å²) in [6.07, 6.45) is 5.85. The Morgan fingerprint density at radius 3 is 2.58 bits per heavy atom. The van der Waals surface area contributed by atoms with Crippen LogP contribution in [0.3, 0.4) is 0 Å². The van der Waals surface area contributed by atoms with Crippen LogP contribution < -0.4 is 4.74 Å². The molecule has 2 aromatic rings. The Kier molecular flexibility index (Phi) is 7.43. The summed E-state index contributed by atoms with van der Waals surface area (Å²) in [6, 6.07) is 7.89. The number of carbonyl (C=O) groups is 1. The van der Waals surface area contributed by atoms with Crippen molar-refractivity contribution in [1.82, 2.24) is 9.78 Å². The number of hydrogen-bond donors (Lipinski definition) is 0. The maximum Gasteiger partial charge on any atom is 0.284 e. The average Bonchev–Trinajstić information content (AvgIpc) is 2.91. The van der Waals surface area contributed by atoms with Gasteiger partial charge < -0.3 is 4.74 Å². The van der Waals surface area contributed by atoms with Crippen LogP contribution in [0.2, 0.25) is 0 Å². The molecule has 142 valence electrons. The Hall–Kier alpha value is -2.10. The number of para-hydroxylation sites is 1. The average molecular weight is 357 g/mol. The number of nitrogens with zero attached hydrogens (tertiary/aromatic N) is 2. The summed E-state index contributed by atoms with van der Waals surface area (Å²) in [5, 5.41) is 4.47. The molecule has 0 aliphatic carbocycles. The van der Waals surface area contributed by atoms with E-state index in [2.05, 4.69) is 25.9 Å². The van der Waals surface area contributed by atoms with Crippen LogP contribution in [0.4, 0.5) is 0 Å². The van der Waals surface area contributed by atoms with E-state index in [4.69, 9.17) is 4.74 Å². The second-order valence-corrected chi connectivity index (χ2v) is 7.25. The van der Waals surface area contributed by atoms with Gasteiger partial charge in [0.1, 0.15) is 5.75 Å². The number of aromatic nitrogens is 2. The van der Waals surface area contributed by atoms with Gasteiger partial charge in [-0.3, -0.25) is 4.79 Å². The third kappa shape index (κ3) is 4.96. The Morgan fingerprint density at radius 1 is 1.15 bits per heavy atom. The van der Waals surface area contributed by atoms with Crippen LogP contribution in [0.5, 0.6) is 5.75 Å². The topological polar surface area (TPSA) is 44.1 Å². The molecule has 0 N–H and O–H groups in total. The Morgan fingerprint density at radius 2 is 1.88 bits per heavy atom. The predicted octanol–water partition coefficient (Wildman–Crippen LogP) is 5.47. The molecule has 2 rings (SSSR count). The zero-order valence-electron chi connectivity index (χ0n) is 16.8. The molecule has 26 heavy (non-hydrogen) atoms. The second-order valence-electron chi connectivity index (χ2n) is 7.25. The molecule has 0 amide bonds. The lowest BCUT2D eigenvalue weighted by molar-refractivity contribution is 0.0817. The molecule has 1 aromatic carbocycles. The van der Waals surface area contributed by atoms with Crippen LogP contribution in [0.1, 0.15) is 79.7 Å². The minimum absolute atomic E-state index is 0.000960. The molecular formula is C22H32N2O2. The normalized spacial score (nSPS) is 11.2. The van der Waals surface area contributed by atoms with E-state index in [1.165, 1.54) is 29.5 Å². The van der Waals surface area contributed by atoms with Gasteiger partial charge in [-0.2, -0.15) is 5.10 Å². The van der Waals surface area contributed by atoms with Crippen LogP contribution in [0.25, 0.3) is 0 Å². The summed E-state index contributed by atoms with van der Waals surface area (Å²) in [7, 11) is 0. The standard InChI is InChI=1S/C22H32N2O2/c1-6-7-8-9-13-20-17(4)23-24(18(20)5)22(25)15-26-21-14-11-10-12-19(21)16(2)3/h10-12,14,16H,6-9,13,15H2,1-5H3. The summed E-state index contributed by atoms with van der Waals surface area (Å²) in [6.45, 7) is 10.4. The van der Waals surface area contributed by atoms with Crippen LogP contribution in [-0.4, -0.2) is 22.3 Å². The molecule has 0 radical (unpaired) electrons. The minimum atomic E-state index is -0.121. The maximum atomic E-state index is 12.6. The molecule has 0 fully saturated rings. The number of aryl methyl sites for hydroxylation is 1. The number of ether oxygens (including phenoxy) is 1. The van der Waals surface area contributed by atoms with Crippen molar-refractivity contribution < 1.29 is 9.53 Å². The molecule has 0 saturated heterocycles. The predicted molar refractivity (Wildman–Crippen MR) is 106 cm³/mol. The lowest BCUT2D eigenvalue weighted by atomic mass is 10.0. The third-order valence-electron chi connectivity index (χ3n) is 4.85. The van der Waals surface area contributed by atoms with Crippen LogP contribution in [0, 0.1) is 13.8 Å². The van der Waals surface area contributed by atoms with Crippen molar-refractivity contribution in [2.45, 2.75) is 72.6 Å². The molecule has 0 unspecified atom stereocenters. The van der Waals surface area contributed by atoms with Crippen molar-refractivity contribution >= 4 is 5.91 Å². The first kappa shape index (κ1) is 20.2. The number of rotatable bonds is 9. The van der Waals surface area contributed by atoms with Crippen molar-refractivity contribution in [3.8, 4) is 5.75 Å². The molecule has 0 spiro atoms. The SMILES string of the molecule is CCCCCCc1c(C)nn(C(=O)COc2ccccc2C(C)C)c1C. The van der Waals surface area contributed by atoms with E-state index >= 15 is 0 Å². The highest BCUT2D eigenvalue weighted by Crippen LogP contribution is 2.26. The molecule has 0 aliphatic heterocycles. The van der Waals surface area contributed by atoms with E-state index in [0.29, 0.717) is 5.92 Å². The van der Waals surface area contributed by atoms with E-state index in [0.717, 1.165) is 35.5 Å². The zero-order chi connectivity index (χ0) is 19.1. The van der Waals surface area contributed by atoms with Gasteiger partial charge in [-0.1, -0.05) is 58.2 Å². The van der Waals surface area contributed by atoms with Gasteiger partial charge in [0.15, 0.2) is 6.61 Å². The summed E-state index contributed by atoms with van der Waals surface area (Å²) < 4.78 is 7.34. The Balaban J connectivity index is 2.04. The van der Waals surface area contributed by atoms with E-state index < -0.39 is 0 Å². The monoisotopic (exact) mass is 356 g/mol. The summed E-state index contributed by atoms with van der Waals surface area (Å²) in [5.41, 5.74) is 4.22. The molecule has 0 saturated carbocycles. The zero-order valence-corrected chi connectivity index (χ0v) is 16.8. The first-order valence-corrected chi connectivity index (χ1v) is 9.75. The second kappa shape index (κ2) is 9.56. The van der Waals surface area contributed by atoms with Crippen LogP contribution in [-0.2, 0) is 6.42 Å². The first-order chi connectivity index (χ1) is 12.5. The van der Waals surface area contributed by atoms with Gasteiger partial charge in [0.2, 0.25) is 0 Å². The fourth-order valence-corrected chi connectivity index (χ4v) is 3.30. The van der Waals surface area contributed by atoms with Crippen molar-refractivity contribution in [2.75, 3.05) is 6.61 Å². The summed E-state index contributed by atoms with van der Waals surface area (Å²) >= 11 is 0. The minimum Gasteiger partial charge on any atom is -0.483 e. The molecule has 0 aliphatic rings. The maximum absolute atomic E-state index is 12.6. The van der Waals surface area contributed by atoms with Crippen LogP contribution >= 0.6 is 0 Å². The number of carbonyl (C=O) groups excluding carboxylic acids is 1. The van der Waals surface area contributed by atoms with Crippen molar-refractivity contribution in [3.05, 3.63) is 46.8 Å². The van der Waals surface area contributed by atoms with Gasteiger partial charge in [-0.25, -0.2) is 4.68 Å². The lowest BCUT2D eigenvalue weighted by Gasteiger charge is -2.13. The first-order valence-electron chi connectivity index (χ1n) is 9.75. The Bertz CT molecular complexity index is 732. The Labute approximate surface area is 157 Å². The largest absolute Gasteiger partial charge is 0.483 e. The number of hydrogen-bond acceptors (Lipinski definition) is 3. The van der Waals surface area contributed by atoms with E-state index in [1.54, 1.807) is 0 Å². The van der Waals surface area contributed by atoms with Crippen LogP contribution in [0.15, 0.2) is 24.3 Å². The van der Waals surface area contributed by atoms with E-state index in [9.17, 15) is 4.79 Å². The van der Waals surface area contributed by atoms with Gasteiger partial charge in [0.25, 0.3) is 5.91 Å². The molecule has 0 bridgehead atoms. The van der Waals surface area contributed by atoms with Crippen molar-refractivity contribution in [2.24, 2.45) is 0 Å². The van der Waals surface area contributed by atoms with Gasteiger partial charge in [0.05, 0.1) is 5.69 Å². The smallest absolute Gasteiger partial charge is 0.284 e. The quantitative estimate of drug-likeness (QED) is 0.560. The van der Waals surface area contributed by atoms with Gasteiger partial charge in [-0.15, -0.1) is 0 Å². The molecule has 4 nitrogen and oxygen atoms in total. The highest BCUT2D eigenvalue weighted by molar-refractivity contribution is 5.80. The van der Waals surface area contributed by atoms with E-state index in [1.807, 2.05) is 38.1 Å². The van der Waals surface area contributed by atoms with E-state index in [-0.39, 0.29) is 12.5 Å². The molecule has 1 aromatic heterocycles. The summed E-state index contributed by atoms with van der Waals surface area (Å²) in [5.74, 6) is 1.01. The summed E-state index contributed by atoms with van der Waals surface area (Å²) in [4.78, 5) is 12.6. The highest BCUT2D eigenvalue weighted by Gasteiger charge is 2.17. The fraction of sp³-hybridized carbons (Fsp3) is 0.545. The van der Waals surface area contributed by atoms with Gasteiger partial charge in [-0.05, 0) is 49.8 Å². The number of unbranched alkanes of at least 4 members (excludes halogenated alkanes) is 3. The molecule has 4 heteroatoms. The van der Waals surface area contributed by atoms with Crippen molar-refractivity contribution in [3.63, 3.8) is 0 Å². The third-order valence-corrected chi connectivity index (χ3v) is 4.85. The highest BCUT2D eigenvalue weighted by atomic mass is 16.5. The number of benzene rings is 1. The van der Waals surface area contributed by atoms with Crippen molar-refractivity contribution in [1.29, 1.82) is 0 Å². The molecule has 0 atom stereocenters. The molecule has 1 heterocycles. The van der Waals surface area contributed by atoms with Gasteiger partial charge in [0, 0.05) is 5.69 Å². The molecular weight excluding hydrogens is 324 g/mol. The van der Waals surface area contributed by atoms with Gasteiger partial charge >= 0.3 is 0 Å². The lowest BCUT2D eigenvalue weighted by Crippen LogP contribution is -2.22.